The lowest BCUT2D eigenvalue weighted by Gasteiger charge is -1.91. The lowest BCUT2D eigenvalue weighted by Crippen LogP contribution is -2.03. The largest absolute Gasteiger partial charge is 0.476 e. The highest BCUT2D eigenvalue weighted by Crippen LogP contribution is 2.13. The van der Waals surface area contributed by atoms with E-state index in [0.717, 1.165) is 0 Å². The Bertz CT molecular complexity index is 699. The van der Waals surface area contributed by atoms with Crippen LogP contribution in [-0.4, -0.2) is 36.4 Å². The van der Waals surface area contributed by atoms with Crippen LogP contribution in [0, 0.1) is 0 Å². The molecule has 1 N–H and O–H groups in total. The zero-order valence-electron chi connectivity index (χ0n) is 9.42. The standard InChI is InChI=1S/C10H7N5O4/c16-10(17)7-4-6(19-13-7)5-15-12-9(11-14-15)8-2-1-3-18-8/h1-4H,5H2,(H,16,17). The molecule has 3 aromatic heterocycles. The van der Waals surface area contributed by atoms with Gasteiger partial charge in [-0.1, -0.05) is 5.16 Å². The summed E-state index contributed by atoms with van der Waals surface area (Å²) in [6.07, 6.45) is 1.51. The highest BCUT2D eigenvalue weighted by Gasteiger charge is 2.13. The molecule has 0 saturated heterocycles. The van der Waals surface area contributed by atoms with E-state index in [1.54, 1.807) is 12.1 Å². The van der Waals surface area contributed by atoms with E-state index < -0.39 is 5.97 Å². The van der Waals surface area contributed by atoms with Gasteiger partial charge in [-0.2, -0.15) is 4.80 Å². The first-order valence-corrected chi connectivity index (χ1v) is 5.23. The molecule has 0 aromatic carbocycles. The van der Waals surface area contributed by atoms with Gasteiger partial charge in [0.2, 0.25) is 5.82 Å². The summed E-state index contributed by atoms with van der Waals surface area (Å²) >= 11 is 0. The monoisotopic (exact) mass is 261 g/mol. The second kappa shape index (κ2) is 4.37. The Hall–Kier alpha value is -2.97. The minimum absolute atomic E-state index is 0.133. The van der Waals surface area contributed by atoms with Crippen molar-refractivity contribution in [2.45, 2.75) is 6.54 Å². The number of carboxylic acid groups (broad SMARTS) is 1. The first-order chi connectivity index (χ1) is 9.22. The van der Waals surface area contributed by atoms with E-state index in [9.17, 15) is 4.79 Å². The van der Waals surface area contributed by atoms with Crippen molar-refractivity contribution in [2.24, 2.45) is 0 Å². The van der Waals surface area contributed by atoms with Crippen molar-refractivity contribution in [1.82, 2.24) is 25.4 Å². The molecule has 0 atom stereocenters. The van der Waals surface area contributed by atoms with Crippen LogP contribution in [0.15, 0.2) is 33.4 Å². The molecule has 0 saturated carbocycles. The van der Waals surface area contributed by atoms with Crippen molar-refractivity contribution in [2.75, 3.05) is 0 Å². The predicted molar refractivity (Wildman–Crippen MR) is 58.1 cm³/mol. The molecule has 0 radical (unpaired) electrons. The van der Waals surface area contributed by atoms with Crippen molar-refractivity contribution >= 4 is 5.97 Å². The van der Waals surface area contributed by atoms with Gasteiger partial charge in [-0.05, 0) is 17.3 Å². The Balaban J connectivity index is 1.78. The molecular formula is C10H7N5O4. The summed E-state index contributed by atoms with van der Waals surface area (Å²) in [5, 5.41) is 23.8. The van der Waals surface area contributed by atoms with Crippen molar-refractivity contribution in [3.05, 3.63) is 35.9 Å². The summed E-state index contributed by atoms with van der Waals surface area (Å²) in [4.78, 5) is 11.9. The maximum absolute atomic E-state index is 10.6. The summed E-state index contributed by atoms with van der Waals surface area (Å²) in [6.45, 7) is 0.133. The van der Waals surface area contributed by atoms with Gasteiger partial charge in [0.1, 0.15) is 6.54 Å². The fourth-order valence-electron chi connectivity index (χ4n) is 1.44. The quantitative estimate of drug-likeness (QED) is 0.727. The predicted octanol–water partition coefficient (Wildman–Crippen LogP) is 0.668. The summed E-state index contributed by atoms with van der Waals surface area (Å²) in [5.74, 6) is -0.00311. The number of aromatic carboxylic acids is 1. The zero-order chi connectivity index (χ0) is 13.2. The van der Waals surface area contributed by atoms with Gasteiger partial charge in [-0.25, -0.2) is 4.79 Å². The van der Waals surface area contributed by atoms with Gasteiger partial charge >= 0.3 is 5.97 Å². The van der Waals surface area contributed by atoms with Gasteiger partial charge < -0.3 is 14.0 Å². The molecule has 0 amide bonds. The van der Waals surface area contributed by atoms with Crippen LogP contribution in [-0.2, 0) is 6.54 Å². The Morgan fingerprint density at radius 3 is 3.05 bits per heavy atom. The number of furan rings is 1. The fraction of sp³-hybridized carbons (Fsp3) is 0.100. The first kappa shape index (κ1) is 11.1. The molecule has 0 fully saturated rings. The van der Waals surface area contributed by atoms with Crippen LogP contribution in [0.25, 0.3) is 11.6 Å². The van der Waals surface area contributed by atoms with Crippen LogP contribution >= 0.6 is 0 Å². The third-order valence-corrected chi connectivity index (χ3v) is 2.27. The number of carbonyl (C=O) groups is 1. The topological polar surface area (TPSA) is 120 Å². The van der Waals surface area contributed by atoms with Gasteiger partial charge in [-0.15, -0.1) is 10.2 Å². The van der Waals surface area contributed by atoms with Crippen LogP contribution in [0.1, 0.15) is 16.2 Å². The van der Waals surface area contributed by atoms with Crippen molar-refractivity contribution in [1.29, 1.82) is 0 Å². The molecule has 3 heterocycles. The molecular weight excluding hydrogens is 254 g/mol. The van der Waals surface area contributed by atoms with Gasteiger partial charge in [-0.3, -0.25) is 0 Å². The molecule has 9 nitrogen and oxygen atoms in total. The van der Waals surface area contributed by atoms with Crippen LogP contribution in [0.4, 0.5) is 0 Å². The molecule has 9 heteroatoms. The van der Waals surface area contributed by atoms with Crippen LogP contribution in [0.3, 0.4) is 0 Å². The van der Waals surface area contributed by atoms with Crippen molar-refractivity contribution < 1.29 is 18.8 Å². The maximum Gasteiger partial charge on any atom is 0.358 e. The third kappa shape index (κ3) is 2.20. The number of hydrogen-bond donors (Lipinski definition) is 1. The van der Waals surface area contributed by atoms with E-state index in [1.807, 2.05) is 0 Å². The molecule has 3 rings (SSSR count). The van der Waals surface area contributed by atoms with E-state index in [4.69, 9.17) is 14.0 Å². The first-order valence-electron chi connectivity index (χ1n) is 5.23. The zero-order valence-corrected chi connectivity index (χ0v) is 9.42. The maximum atomic E-state index is 10.6. The lowest BCUT2D eigenvalue weighted by atomic mass is 10.4. The Labute approximate surface area is 105 Å². The van der Waals surface area contributed by atoms with E-state index in [1.165, 1.54) is 17.1 Å². The Morgan fingerprint density at radius 2 is 2.37 bits per heavy atom. The molecule has 0 aliphatic carbocycles. The minimum Gasteiger partial charge on any atom is -0.476 e. The van der Waals surface area contributed by atoms with Crippen LogP contribution in [0.2, 0.25) is 0 Å². The average Bonchev–Trinajstić information content (AvgIpc) is 3.09. The van der Waals surface area contributed by atoms with E-state index in [2.05, 4.69) is 20.6 Å². The van der Waals surface area contributed by atoms with Crippen molar-refractivity contribution in [3.8, 4) is 11.6 Å². The van der Waals surface area contributed by atoms with Crippen molar-refractivity contribution in [3.63, 3.8) is 0 Å². The summed E-state index contributed by atoms with van der Waals surface area (Å²) in [5.41, 5.74) is -0.165. The number of rotatable bonds is 4. The normalized spacial score (nSPS) is 10.7. The average molecular weight is 261 g/mol. The van der Waals surface area contributed by atoms with Gasteiger partial charge in [0.25, 0.3) is 0 Å². The summed E-state index contributed by atoms with van der Waals surface area (Å²) in [7, 11) is 0. The molecule has 96 valence electrons. The van der Waals surface area contributed by atoms with E-state index in [-0.39, 0.29) is 12.2 Å². The number of nitrogens with zero attached hydrogens (tertiary/aromatic N) is 5. The van der Waals surface area contributed by atoms with E-state index >= 15 is 0 Å². The van der Waals surface area contributed by atoms with Crippen LogP contribution in [0.5, 0.6) is 0 Å². The number of aromatic nitrogens is 5. The molecule has 0 unspecified atom stereocenters. The number of carboxylic acids is 1. The highest BCUT2D eigenvalue weighted by atomic mass is 16.5. The summed E-state index contributed by atoms with van der Waals surface area (Å²) < 4.78 is 9.97. The molecule has 0 aliphatic rings. The summed E-state index contributed by atoms with van der Waals surface area (Å²) in [6, 6.07) is 4.72. The molecule has 0 aliphatic heterocycles. The Kier molecular flexibility index (Phi) is 2.56. The molecule has 3 aromatic rings. The lowest BCUT2D eigenvalue weighted by molar-refractivity contribution is 0.0685. The molecule has 0 spiro atoms. The SMILES string of the molecule is O=C(O)c1cc(Cn2nnc(-c3ccco3)n2)on1. The van der Waals surface area contributed by atoms with Gasteiger partial charge in [0.05, 0.1) is 6.26 Å². The molecule has 0 bridgehead atoms. The fourth-order valence-corrected chi connectivity index (χ4v) is 1.44. The van der Waals surface area contributed by atoms with E-state index in [0.29, 0.717) is 17.3 Å². The third-order valence-electron chi connectivity index (χ3n) is 2.27. The Morgan fingerprint density at radius 1 is 1.47 bits per heavy atom. The van der Waals surface area contributed by atoms with Gasteiger partial charge in [0, 0.05) is 6.07 Å². The van der Waals surface area contributed by atoms with Crippen LogP contribution < -0.4 is 0 Å². The molecule has 19 heavy (non-hydrogen) atoms. The minimum atomic E-state index is -1.15. The van der Waals surface area contributed by atoms with Gasteiger partial charge in [0.15, 0.2) is 17.2 Å². The second-order valence-electron chi connectivity index (χ2n) is 3.60. The highest BCUT2D eigenvalue weighted by molar-refractivity contribution is 5.85. The number of hydrogen-bond acceptors (Lipinski definition) is 7. The smallest absolute Gasteiger partial charge is 0.358 e. The number of tetrazole rings is 1. The second-order valence-corrected chi connectivity index (χ2v) is 3.60.